The molecule has 43 heavy (non-hydrogen) atoms. The van der Waals surface area contributed by atoms with Crippen LogP contribution in [0.4, 0.5) is 0 Å². The fourth-order valence-corrected chi connectivity index (χ4v) is 11.4. The van der Waals surface area contributed by atoms with Crippen molar-refractivity contribution in [3.63, 3.8) is 0 Å². The average Bonchev–Trinajstić information content (AvgIpc) is 3.50. The summed E-state index contributed by atoms with van der Waals surface area (Å²) in [6, 6.07) is 9.20. The van der Waals surface area contributed by atoms with Crippen LogP contribution in [-0.4, -0.2) is 52.3 Å². The zero-order chi connectivity index (χ0) is 30.6. The van der Waals surface area contributed by atoms with Crippen molar-refractivity contribution in [2.24, 2.45) is 40.4 Å². The van der Waals surface area contributed by atoms with Crippen LogP contribution in [0.5, 0.6) is 0 Å². The number of fused-ring (bicyclic) bond motifs is 5. The maximum absolute atomic E-state index is 13.7. The summed E-state index contributed by atoms with van der Waals surface area (Å²) in [5.41, 5.74) is -2.11. The molecule has 12 atom stereocenters. The lowest BCUT2D eigenvalue weighted by atomic mass is 9.42. The monoisotopic (exact) mass is 594 g/mol. The Morgan fingerprint density at radius 1 is 1.05 bits per heavy atom. The highest BCUT2D eigenvalue weighted by Crippen LogP contribution is 2.84. The topological polar surface area (TPSA) is 94.6 Å². The molecule has 236 valence electrons. The zero-order valence-corrected chi connectivity index (χ0v) is 26.8. The van der Waals surface area contributed by atoms with Crippen LogP contribution < -0.4 is 0 Å². The molecule has 0 aromatic heterocycles. The van der Waals surface area contributed by atoms with Crippen molar-refractivity contribution in [2.75, 3.05) is 0 Å². The standard InChI is InChI=1S/C36H50O7/c1-21(2)12-15-29-22(3)36-33(6)30(41-31(38)24-10-8-7-9-11-24)19-28-27(34(33,39)20-35(36,42-29)43-36)14-13-25-18-26(40-23(4)37)16-17-32(25,28)5/h7-11,21-22,25-30,39H,12-20H2,1-6H3/t22-,25+,26+,27-,28+,29?,30-,32+,33+,34+,35+,36-/m1/s1. The second-order valence-electron chi connectivity index (χ2n) is 15.8. The van der Waals surface area contributed by atoms with Gasteiger partial charge in [-0.3, -0.25) is 4.79 Å². The number of hydrogen-bond acceptors (Lipinski definition) is 7. The predicted molar refractivity (Wildman–Crippen MR) is 160 cm³/mol. The smallest absolute Gasteiger partial charge is 0.338 e. The van der Waals surface area contributed by atoms with Gasteiger partial charge in [0.1, 0.15) is 17.8 Å². The minimum Gasteiger partial charge on any atom is -0.463 e. The van der Waals surface area contributed by atoms with Crippen LogP contribution in [0.25, 0.3) is 0 Å². The Morgan fingerprint density at radius 3 is 2.49 bits per heavy atom. The third-order valence-electron chi connectivity index (χ3n) is 13.6. The van der Waals surface area contributed by atoms with Crippen LogP contribution in [-0.2, 0) is 23.7 Å². The van der Waals surface area contributed by atoms with Crippen molar-refractivity contribution >= 4 is 11.9 Å². The molecule has 1 aromatic carbocycles. The van der Waals surface area contributed by atoms with E-state index >= 15 is 0 Å². The van der Waals surface area contributed by atoms with E-state index in [4.69, 9.17) is 18.9 Å². The molecule has 6 fully saturated rings. The quantitative estimate of drug-likeness (QED) is 0.298. The van der Waals surface area contributed by atoms with Crippen molar-refractivity contribution in [3.8, 4) is 0 Å². The Kier molecular flexibility index (Phi) is 6.75. The molecule has 0 radical (unpaired) electrons. The van der Waals surface area contributed by atoms with Crippen molar-refractivity contribution in [2.45, 2.75) is 135 Å². The van der Waals surface area contributed by atoms with Gasteiger partial charge < -0.3 is 24.1 Å². The van der Waals surface area contributed by atoms with Crippen molar-refractivity contribution in [3.05, 3.63) is 35.9 Å². The minimum atomic E-state index is -1.09. The van der Waals surface area contributed by atoms with E-state index in [2.05, 4.69) is 34.6 Å². The summed E-state index contributed by atoms with van der Waals surface area (Å²) in [7, 11) is 0. The normalized spacial score (nSPS) is 49.3. The first-order chi connectivity index (χ1) is 20.3. The zero-order valence-electron chi connectivity index (χ0n) is 26.8. The van der Waals surface area contributed by atoms with Gasteiger partial charge in [0.05, 0.1) is 22.7 Å². The van der Waals surface area contributed by atoms with Gasteiger partial charge in [-0.2, -0.15) is 0 Å². The van der Waals surface area contributed by atoms with E-state index in [0.717, 1.165) is 44.9 Å². The molecule has 0 bridgehead atoms. The van der Waals surface area contributed by atoms with Crippen LogP contribution in [0.1, 0.15) is 110 Å². The Bertz CT molecular complexity index is 1280. The van der Waals surface area contributed by atoms with Crippen LogP contribution in [0, 0.1) is 40.4 Å². The molecule has 0 amide bonds. The van der Waals surface area contributed by atoms with Gasteiger partial charge >= 0.3 is 11.9 Å². The molecular weight excluding hydrogens is 544 g/mol. The van der Waals surface area contributed by atoms with E-state index in [1.807, 2.05) is 18.2 Å². The number of carbonyl (C=O) groups excluding carboxylic acids is 2. The van der Waals surface area contributed by atoms with E-state index in [-0.39, 0.29) is 47.3 Å². The van der Waals surface area contributed by atoms with Gasteiger partial charge in [0.15, 0.2) is 0 Å². The molecule has 6 aliphatic rings. The molecule has 1 N–H and O–H groups in total. The summed E-state index contributed by atoms with van der Waals surface area (Å²) in [4.78, 5) is 25.5. The van der Waals surface area contributed by atoms with E-state index < -0.39 is 28.5 Å². The highest BCUT2D eigenvalue weighted by molar-refractivity contribution is 5.89. The SMILES string of the molecule is CC(=O)O[C@H]1CC[C@@]2(C)[C@@H](CC[C@@H]3[C@@H]2C[C@@H](OC(=O)c2ccccc2)[C@]2(C)[C@@]45O[C@]4(C[C@]32O)OC(CCC(C)C)[C@H]5C)C1. The van der Waals surface area contributed by atoms with Crippen molar-refractivity contribution < 1.29 is 33.6 Å². The predicted octanol–water partition coefficient (Wildman–Crippen LogP) is 6.46. The molecule has 0 spiro atoms. The Hall–Kier alpha value is -1.96. The molecule has 4 saturated carbocycles. The van der Waals surface area contributed by atoms with Gasteiger partial charge in [-0.05, 0) is 92.6 Å². The molecule has 7 nitrogen and oxygen atoms in total. The number of epoxide rings is 1. The molecule has 1 aromatic rings. The van der Waals surface area contributed by atoms with Crippen LogP contribution in [0.2, 0.25) is 0 Å². The summed E-state index contributed by atoms with van der Waals surface area (Å²) in [5.74, 6) is -0.102. The highest BCUT2D eigenvalue weighted by Gasteiger charge is 2.97. The fraction of sp³-hybridized carbons (Fsp3) is 0.778. The number of esters is 2. The Balaban J connectivity index is 1.26. The van der Waals surface area contributed by atoms with E-state index in [1.54, 1.807) is 12.1 Å². The van der Waals surface area contributed by atoms with Gasteiger partial charge in [0.25, 0.3) is 0 Å². The second-order valence-corrected chi connectivity index (χ2v) is 15.8. The molecule has 2 aliphatic heterocycles. The Morgan fingerprint density at radius 2 is 1.79 bits per heavy atom. The van der Waals surface area contributed by atoms with Crippen molar-refractivity contribution in [1.82, 2.24) is 0 Å². The number of ether oxygens (including phenoxy) is 4. The van der Waals surface area contributed by atoms with Crippen LogP contribution in [0.15, 0.2) is 30.3 Å². The number of carbonyl (C=O) groups is 2. The van der Waals surface area contributed by atoms with Gasteiger partial charge in [-0.1, -0.05) is 52.8 Å². The Labute approximate surface area is 256 Å². The number of rotatable bonds is 6. The van der Waals surface area contributed by atoms with Crippen molar-refractivity contribution in [1.29, 1.82) is 0 Å². The van der Waals surface area contributed by atoms with E-state index in [1.165, 1.54) is 6.92 Å². The fourth-order valence-electron chi connectivity index (χ4n) is 11.4. The van der Waals surface area contributed by atoms with E-state index in [9.17, 15) is 14.7 Å². The summed E-state index contributed by atoms with van der Waals surface area (Å²) < 4.78 is 25.8. The largest absolute Gasteiger partial charge is 0.463 e. The van der Waals surface area contributed by atoms with Gasteiger partial charge in [0, 0.05) is 19.3 Å². The first kappa shape index (κ1) is 29.7. The lowest BCUT2D eigenvalue weighted by Gasteiger charge is -2.65. The van der Waals surface area contributed by atoms with Crippen LogP contribution in [0.3, 0.4) is 0 Å². The number of hydrogen-bond donors (Lipinski definition) is 1. The van der Waals surface area contributed by atoms with E-state index in [0.29, 0.717) is 30.2 Å². The van der Waals surface area contributed by atoms with Gasteiger partial charge in [0.2, 0.25) is 5.79 Å². The minimum absolute atomic E-state index is 0.0433. The van der Waals surface area contributed by atoms with Gasteiger partial charge in [-0.15, -0.1) is 0 Å². The first-order valence-electron chi connectivity index (χ1n) is 16.8. The highest BCUT2D eigenvalue weighted by atomic mass is 16.8. The third-order valence-corrected chi connectivity index (χ3v) is 13.6. The number of benzene rings is 1. The lowest BCUT2D eigenvalue weighted by Crippen LogP contribution is -2.71. The number of aliphatic hydroxyl groups is 1. The molecule has 2 heterocycles. The lowest BCUT2D eigenvalue weighted by molar-refractivity contribution is -0.287. The summed E-state index contributed by atoms with van der Waals surface area (Å²) in [6.45, 7) is 12.7. The van der Waals surface area contributed by atoms with Gasteiger partial charge in [-0.25, -0.2) is 4.79 Å². The average molecular weight is 595 g/mol. The molecule has 7 heteroatoms. The summed E-state index contributed by atoms with van der Waals surface area (Å²) in [6.07, 6.45) is 7.17. The van der Waals surface area contributed by atoms with Crippen LogP contribution >= 0.6 is 0 Å². The molecule has 1 unspecified atom stereocenters. The molecule has 4 aliphatic carbocycles. The summed E-state index contributed by atoms with van der Waals surface area (Å²) >= 11 is 0. The maximum Gasteiger partial charge on any atom is 0.338 e. The maximum atomic E-state index is 13.7. The first-order valence-corrected chi connectivity index (χ1v) is 16.8. The second kappa shape index (κ2) is 9.77. The molecular formula is C36H50O7. The third kappa shape index (κ3) is 3.89. The molecule has 7 rings (SSSR count). The summed E-state index contributed by atoms with van der Waals surface area (Å²) in [5, 5.41) is 13.2. The molecule has 2 saturated heterocycles.